The molecule has 3 heterocycles. The molecule has 3 rings (SSSR count). The summed E-state index contributed by atoms with van der Waals surface area (Å²) in [6.45, 7) is 9.69. The number of nitrogens with zero attached hydrogens (tertiary/aromatic N) is 5. The second-order valence-electron chi connectivity index (χ2n) is 5.90. The lowest BCUT2D eigenvalue weighted by molar-refractivity contribution is 0.201. The Labute approximate surface area is 167 Å². The van der Waals surface area contributed by atoms with Gasteiger partial charge in [-0.25, -0.2) is 14.1 Å². The van der Waals surface area contributed by atoms with Gasteiger partial charge in [0.15, 0.2) is 5.65 Å². The Hall–Kier alpha value is -1.51. The average Bonchev–Trinajstić information content (AvgIpc) is 3.20. The summed E-state index contributed by atoms with van der Waals surface area (Å²) in [5.41, 5.74) is 3.58. The molecule has 3 aromatic rings. The second-order valence-corrected chi connectivity index (χ2v) is 7.94. The molecular formula is C17H22IN6OP. The first-order valence-electron chi connectivity index (χ1n) is 8.36. The Morgan fingerprint density at radius 3 is 2.96 bits per heavy atom. The van der Waals surface area contributed by atoms with Crippen LogP contribution in [0.5, 0.6) is 5.88 Å². The van der Waals surface area contributed by atoms with Crippen molar-refractivity contribution in [2.24, 2.45) is 7.05 Å². The van der Waals surface area contributed by atoms with Crippen molar-refractivity contribution in [3.05, 3.63) is 30.7 Å². The van der Waals surface area contributed by atoms with Crippen LogP contribution in [0, 0.1) is 0 Å². The van der Waals surface area contributed by atoms with Gasteiger partial charge in [-0.15, -0.1) is 0 Å². The number of fused-ring (bicyclic) bond motifs is 1. The van der Waals surface area contributed by atoms with Crippen LogP contribution < -0.4 is 10.1 Å². The number of halogens is 1. The van der Waals surface area contributed by atoms with Crippen LogP contribution in [0.4, 0.5) is 0 Å². The minimum Gasteiger partial charge on any atom is -0.473 e. The largest absolute Gasteiger partial charge is 0.473 e. The van der Waals surface area contributed by atoms with Crippen LogP contribution in [-0.4, -0.2) is 43.5 Å². The van der Waals surface area contributed by atoms with Crippen molar-refractivity contribution in [3.8, 4) is 17.0 Å². The lowest BCUT2D eigenvalue weighted by Crippen LogP contribution is -2.29. The summed E-state index contributed by atoms with van der Waals surface area (Å²) in [4.78, 5) is 4.63. The molecule has 0 saturated heterocycles. The van der Waals surface area contributed by atoms with Crippen molar-refractivity contribution in [2.75, 3.05) is 13.1 Å². The lowest BCUT2D eigenvalue weighted by Gasteiger charge is -2.16. The number of nitrogens with one attached hydrogen (secondary N) is 1. The summed E-state index contributed by atoms with van der Waals surface area (Å²) < 4.78 is 9.79. The highest BCUT2D eigenvalue weighted by Gasteiger charge is 2.17. The molecule has 1 N–H and O–H groups in total. The molecule has 7 nitrogen and oxygen atoms in total. The molecule has 0 aliphatic rings. The first kappa shape index (κ1) is 19.3. The molecule has 0 bridgehead atoms. The van der Waals surface area contributed by atoms with Gasteiger partial charge in [0, 0.05) is 30.7 Å². The topological polar surface area (TPSA) is 69.8 Å². The van der Waals surface area contributed by atoms with E-state index in [4.69, 9.17) is 4.74 Å². The molecule has 26 heavy (non-hydrogen) atoms. The van der Waals surface area contributed by atoms with E-state index >= 15 is 0 Å². The van der Waals surface area contributed by atoms with Gasteiger partial charge in [-0.05, 0) is 47.7 Å². The van der Waals surface area contributed by atoms with Crippen LogP contribution in [0.2, 0.25) is 0 Å². The van der Waals surface area contributed by atoms with E-state index in [0.717, 1.165) is 46.8 Å². The number of hydrogen-bond donors (Lipinski definition) is 1. The van der Waals surface area contributed by atoms with E-state index in [1.807, 2.05) is 30.8 Å². The van der Waals surface area contributed by atoms with Crippen LogP contribution in [0.25, 0.3) is 28.2 Å². The van der Waals surface area contributed by atoms with Crippen molar-refractivity contribution in [1.82, 2.24) is 29.6 Å². The van der Waals surface area contributed by atoms with Gasteiger partial charge in [0.1, 0.15) is 6.10 Å². The van der Waals surface area contributed by atoms with Gasteiger partial charge in [0.2, 0.25) is 5.88 Å². The molecule has 0 radical (unpaired) electrons. The highest BCUT2D eigenvalue weighted by Crippen LogP contribution is 2.34. The van der Waals surface area contributed by atoms with E-state index in [1.165, 1.54) is 0 Å². The number of likely N-dealkylation sites (N-methyl/N-ethyl adjacent to an activating group) is 1. The van der Waals surface area contributed by atoms with Crippen LogP contribution in [0.1, 0.15) is 19.5 Å². The van der Waals surface area contributed by atoms with Crippen LogP contribution >= 0.6 is 28.4 Å². The first-order valence-corrected chi connectivity index (χ1v) is 12.4. The maximum atomic E-state index is 6.14. The maximum absolute atomic E-state index is 6.14. The summed E-state index contributed by atoms with van der Waals surface area (Å²) in [5, 5.41) is 13.2. The molecule has 0 fully saturated rings. The Morgan fingerprint density at radius 2 is 2.27 bits per heavy atom. The van der Waals surface area contributed by atoms with Crippen molar-refractivity contribution < 1.29 is 4.74 Å². The standard InChI is InChI=1S/C17H22IN6OP/c1-5-15-13-7-12(9-20-16(13)24(22-15)26-18)14-10-21-23(4)17(14)25-11(3)8-19-6-2/h5,7,9-11,19,26H,1,6,8H2,2-4H3. The summed E-state index contributed by atoms with van der Waals surface area (Å²) in [7, 11) is 1.88. The molecule has 9 heteroatoms. The van der Waals surface area contributed by atoms with Gasteiger partial charge in [-0.2, -0.15) is 10.2 Å². The number of aromatic nitrogens is 5. The second kappa shape index (κ2) is 8.45. The normalized spacial score (nSPS) is 12.9. The Morgan fingerprint density at radius 1 is 1.46 bits per heavy atom. The average molecular weight is 484 g/mol. The van der Waals surface area contributed by atoms with E-state index in [-0.39, 0.29) is 6.10 Å². The third-order valence-electron chi connectivity index (χ3n) is 4.01. The van der Waals surface area contributed by atoms with Crippen LogP contribution in [0.3, 0.4) is 0 Å². The van der Waals surface area contributed by atoms with Crippen molar-refractivity contribution in [3.63, 3.8) is 0 Å². The Bertz CT molecular complexity index is 922. The molecule has 2 atom stereocenters. The quantitative estimate of drug-likeness (QED) is 0.391. The molecule has 0 aliphatic carbocycles. The molecule has 0 spiro atoms. The minimum atomic E-state index is 0.0347. The highest BCUT2D eigenvalue weighted by molar-refractivity contribution is 14.2. The van der Waals surface area contributed by atoms with Crippen molar-refractivity contribution >= 4 is 45.5 Å². The molecular weight excluding hydrogens is 462 g/mol. The predicted octanol–water partition coefficient (Wildman–Crippen LogP) is 3.64. The summed E-state index contributed by atoms with van der Waals surface area (Å²) in [6, 6.07) is 2.08. The van der Waals surface area contributed by atoms with E-state index in [1.54, 1.807) is 10.8 Å². The van der Waals surface area contributed by atoms with E-state index < -0.39 is 0 Å². The zero-order valence-electron chi connectivity index (χ0n) is 15.0. The third kappa shape index (κ3) is 3.77. The highest BCUT2D eigenvalue weighted by atomic mass is 127. The fourth-order valence-corrected chi connectivity index (χ4v) is 4.14. The van der Waals surface area contributed by atoms with Crippen LogP contribution in [-0.2, 0) is 7.05 Å². The van der Waals surface area contributed by atoms with Gasteiger partial charge >= 0.3 is 0 Å². The Kier molecular flexibility index (Phi) is 6.26. The fraction of sp³-hybridized carbons (Fsp3) is 0.353. The fourth-order valence-electron chi connectivity index (χ4n) is 2.72. The molecule has 0 aromatic carbocycles. The number of pyridine rings is 1. The molecule has 138 valence electrons. The van der Waals surface area contributed by atoms with Crippen LogP contribution in [0.15, 0.2) is 25.0 Å². The molecule has 0 saturated carbocycles. The van der Waals surface area contributed by atoms with Gasteiger partial charge in [0.05, 0.1) is 23.8 Å². The number of aryl methyl sites for hydroxylation is 1. The van der Waals surface area contributed by atoms with E-state index in [9.17, 15) is 0 Å². The van der Waals surface area contributed by atoms with Gasteiger partial charge in [-0.3, -0.25) is 0 Å². The van der Waals surface area contributed by atoms with Gasteiger partial charge in [-0.1, -0.05) is 13.5 Å². The minimum absolute atomic E-state index is 0.0347. The molecule has 0 amide bonds. The zero-order valence-corrected chi connectivity index (χ0v) is 18.2. The number of rotatable bonds is 8. The maximum Gasteiger partial charge on any atom is 0.219 e. The van der Waals surface area contributed by atoms with E-state index in [0.29, 0.717) is 6.37 Å². The summed E-state index contributed by atoms with van der Waals surface area (Å²) in [5.74, 6) is 0.736. The zero-order chi connectivity index (χ0) is 18.7. The first-order chi connectivity index (χ1) is 12.6. The predicted molar refractivity (Wildman–Crippen MR) is 116 cm³/mol. The summed E-state index contributed by atoms with van der Waals surface area (Å²) in [6.07, 6.45) is 5.95. The summed E-state index contributed by atoms with van der Waals surface area (Å²) >= 11 is 2.30. The Balaban J connectivity index is 2.00. The molecule has 2 unspecified atom stereocenters. The van der Waals surface area contributed by atoms with Crippen molar-refractivity contribution in [1.29, 1.82) is 0 Å². The molecule has 3 aromatic heterocycles. The number of hydrogen-bond acceptors (Lipinski definition) is 5. The SMILES string of the molecule is C=Cc1nn(PI)c2ncc(-c3cnn(C)c3OC(C)CNCC)cc12. The monoisotopic (exact) mass is 484 g/mol. The lowest BCUT2D eigenvalue weighted by atomic mass is 10.1. The smallest absolute Gasteiger partial charge is 0.219 e. The molecule has 0 aliphatic heterocycles. The third-order valence-corrected chi connectivity index (χ3v) is 5.86. The number of ether oxygens (including phenoxy) is 1. The van der Waals surface area contributed by atoms with Gasteiger partial charge < -0.3 is 10.1 Å². The van der Waals surface area contributed by atoms with Gasteiger partial charge in [0.25, 0.3) is 0 Å². The van der Waals surface area contributed by atoms with Crippen molar-refractivity contribution in [2.45, 2.75) is 20.0 Å². The van der Waals surface area contributed by atoms with E-state index in [2.05, 4.69) is 62.1 Å².